The van der Waals surface area contributed by atoms with Gasteiger partial charge in [-0.05, 0) is 36.8 Å². The first-order chi connectivity index (χ1) is 18.8. The smallest absolute Gasteiger partial charge is 0.310 e. The van der Waals surface area contributed by atoms with E-state index in [0.717, 1.165) is 11.1 Å². The van der Waals surface area contributed by atoms with Crippen LogP contribution in [0.2, 0.25) is 0 Å². The number of nitrogens with zero attached hydrogens (tertiary/aromatic N) is 2. The van der Waals surface area contributed by atoms with Crippen molar-refractivity contribution in [2.75, 3.05) is 13.2 Å². The zero-order valence-corrected chi connectivity index (χ0v) is 22.2. The van der Waals surface area contributed by atoms with E-state index < -0.39 is 47.0 Å². The Balaban J connectivity index is 1.60. The Morgan fingerprint density at radius 1 is 1.13 bits per heavy atom. The van der Waals surface area contributed by atoms with Gasteiger partial charge in [0.15, 0.2) is 0 Å². The zero-order chi connectivity index (χ0) is 27.8. The number of carboxylic acid groups (broad SMARTS) is 1. The summed E-state index contributed by atoms with van der Waals surface area (Å²) in [6, 6.07) is 17.3. The van der Waals surface area contributed by atoms with Gasteiger partial charge in [-0.1, -0.05) is 73.7 Å². The fourth-order valence-electron chi connectivity index (χ4n) is 7.21. The summed E-state index contributed by atoms with van der Waals surface area (Å²) in [5.74, 6) is -3.88. The number of likely N-dealkylation sites (tertiary alicyclic amines) is 1. The largest absolute Gasteiger partial charge is 0.481 e. The summed E-state index contributed by atoms with van der Waals surface area (Å²) in [5, 5.41) is 20.9. The van der Waals surface area contributed by atoms with Crippen molar-refractivity contribution >= 4 is 17.8 Å². The van der Waals surface area contributed by atoms with Crippen molar-refractivity contribution in [3.8, 4) is 0 Å². The van der Waals surface area contributed by atoms with Gasteiger partial charge in [0.05, 0.1) is 24.2 Å². The number of aliphatic hydroxyl groups excluding tert-OH is 1. The SMILES string of the molecule is C=CCN(Cc1ccccc1)C(=O)C1N([C@@H](CO)Cc2ccccc2)C(=O)[C@@H]2[C@@H](C(=O)O)[C@@]3(CC)CCC12O3. The van der Waals surface area contributed by atoms with Gasteiger partial charge >= 0.3 is 5.97 Å². The molecule has 206 valence electrons. The van der Waals surface area contributed by atoms with Gasteiger partial charge in [-0.25, -0.2) is 0 Å². The molecule has 6 atom stereocenters. The molecule has 39 heavy (non-hydrogen) atoms. The highest BCUT2D eigenvalue weighted by Gasteiger charge is 2.79. The topological polar surface area (TPSA) is 107 Å². The number of carbonyl (C=O) groups excluding carboxylic acids is 2. The van der Waals surface area contributed by atoms with E-state index >= 15 is 0 Å². The molecular formula is C31H36N2O6. The van der Waals surface area contributed by atoms with E-state index in [0.29, 0.717) is 32.2 Å². The Morgan fingerprint density at radius 2 is 1.77 bits per heavy atom. The number of hydrogen-bond acceptors (Lipinski definition) is 5. The summed E-state index contributed by atoms with van der Waals surface area (Å²) < 4.78 is 6.65. The van der Waals surface area contributed by atoms with Gasteiger partial charge in [0, 0.05) is 13.1 Å². The van der Waals surface area contributed by atoms with Gasteiger partial charge in [0.25, 0.3) is 0 Å². The molecule has 3 aliphatic rings. The van der Waals surface area contributed by atoms with Gasteiger partial charge in [0.1, 0.15) is 17.6 Å². The van der Waals surface area contributed by atoms with Gasteiger partial charge in [-0.15, -0.1) is 6.58 Å². The summed E-state index contributed by atoms with van der Waals surface area (Å²) in [5.41, 5.74) is -0.436. The number of benzene rings is 2. The molecule has 1 spiro atoms. The van der Waals surface area contributed by atoms with Crippen LogP contribution >= 0.6 is 0 Å². The molecule has 2 bridgehead atoms. The first kappa shape index (κ1) is 27.1. The van der Waals surface area contributed by atoms with Gasteiger partial charge in [-0.2, -0.15) is 0 Å². The second kappa shape index (κ2) is 10.6. The third kappa shape index (κ3) is 4.36. The van der Waals surface area contributed by atoms with E-state index in [1.807, 2.05) is 67.6 Å². The molecule has 2 aromatic carbocycles. The Kier molecular flexibility index (Phi) is 7.35. The van der Waals surface area contributed by atoms with Crippen LogP contribution in [0.4, 0.5) is 0 Å². The molecule has 0 aromatic heterocycles. The number of amides is 2. The highest BCUT2D eigenvalue weighted by atomic mass is 16.5. The third-order valence-electron chi connectivity index (χ3n) is 8.91. The van der Waals surface area contributed by atoms with E-state index in [1.54, 1.807) is 11.0 Å². The minimum absolute atomic E-state index is 0.247. The van der Waals surface area contributed by atoms with Crippen LogP contribution in [-0.2, 0) is 32.1 Å². The highest BCUT2D eigenvalue weighted by Crippen LogP contribution is 2.64. The zero-order valence-electron chi connectivity index (χ0n) is 22.2. The molecule has 2 amide bonds. The molecule has 2 unspecified atom stereocenters. The van der Waals surface area contributed by atoms with Crippen molar-refractivity contribution in [2.24, 2.45) is 11.8 Å². The minimum atomic E-state index is -1.27. The number of ether oxygens (including phenoxy) is 1. The number of aliphatic hydroxyl groups is 1. The van der Waals surface area contributed by atoms with Crippen molar-refractivity contribution in [1.82, 2.24) is 9.80 Å². The number of carboxylic acids is 1. The molecule has 0 radical (unpaired) electrons. The third-order valence-corrected chi connectivity index (χ3v) is 8.91. The van der Waals surface area contributed by atoms with Gasteiger partial charge in [0.2, 0.25) is 11.8 Å². The number of carbonyl (C=O) groups is 3. The number of rotatable bonds is 11. The van der Waals surface area contributed by atoms with Crippen molar-refractivity contribution in [3.63, 3.8) is 0 Å². The molecule has 3 fully saturated rings. The lowest BCUT2D eigenvalue weighted by atomic mass is 9.65. The molecule has 8 nitrogen and oxygen atoms in total. The van der Waals surface area contributed by atoms with E-state index in [2.05, 4.69) is 6.58 Å². The summed E-state index contributed by atoms with van der Waals surface area (Å²) in [6.45, 7) is 5.89. The molecular weight excluding hydrogens is 496 g/mol. The lowest BCUT2D eigenvalue weighted by molar-refractivity contribution is -0.160. The number of aliphatic carboxylic acids is 1. The van der Waals surface area contributed by atoms with Crippen LogP contribution in [0.25, 0.3) is 0 Å². The molecule has 3 saturated heterocycles. The van der Waals surface area contributed by atoms with Crippen molar-refractivity contribution in [3.05, 3.63) is 84.4 Å². The molecule has 8 heteroatoms. The Hall–Kier alpha value is -3.49. The van der Waals surface area contributed by atoms with Crippen LogP contribution in [0, 0.1) is 11.8 Å². The highest BCUT2D eigenvalue weighted by molar-refractivity contribution is 5.98. The second-order valence-electron chi connectivity index (χ2n) is 10.9. The van der Waals surface area contributed by atoms with Crippen LogP contribution < -0.4 is 0 Å². The van der Waals surface area contributed by atoms with Gasteiger partial charge < -0.3 is 24.7 Å². The minimum Gasteiger partial charge on any atom is -0.481 e. The standard InChI is InChI=1S/C31H36N2O6/c1-3-17-32(19-22-13-9-6-10-14-22)28(36)26-31-16-15-30(4-2,39-31)25(29(37)38)24(31)27(35)33(26)23(20-34)18-21-11-7-5-8-12-21/h3,5-14,23-26,34H,1,4,15-20H2,2H3,(H,37,38)/t23-,24+,25+,26?,30-,31?/m1/s1. The fourth-order valence-corrected chi connectivity index (χ4v) is 7.21. The average molecular weight is 533 g/mol. The van der Waals surface area contributed by atoms with E-state index in [4.69, 9.17) is 4.74 Å². The maximum Gasteiger partial charge on any atom is 0.310 e. The van der Waals surface area contributed by atoms with Crippen LogP contribution in [0.15, 0.2) is 73.3 Å². The second-order valence-corrected chi connectivity index (χ2v) is 10.9. The predicted octanol–water partition coefficient (Wildman–Crippen LogP) is 3.04. The summed E-state index contributed by atoms with van der Waals surface area (Å²) in [7, 11) is 0. The maximum absolute atomic E-state index is 14.5. The molecule has 3 heterocycles. The predicted molar refractivity (Wildman–Crippen MR) is 144 cm³/mol. The molecule has 2 N–H and O–H groups in total. The van der Waals surface area contributed by atoms with E-state index in [1.165, 1.54) is 4.90 Å². The first-order valence-corrected chi connectivity index (χ1v) is 13.7. The molecule has 3 aliphatic heterocycles. The number of fused-ring (bicyclic) bond motifs is 1. The van der Waals surface area contributed by atoms with Crippen molar-refractivity contribution in [2.45, 2.75) is 62.4 Å². The number of hydrogen-bond donors (Lipinski definition) is 2. The molecule has 5 rings (SSSR count). The average Bonchev–Trinajstić information content (AvgIpc) is 3.56. The van der Waals surface area contributed by atoms with Crippen LogP contribution in [-0.4, -0.2) is 74.2 Å². The lowest BCUT2D eigenvalue weighted by Gasteiger charge is -2.39. The molecule has 0 saturated carbocycles. The summed E-state index contributed by atoms with van der Waals surface area (Å²) in [6.07, 6.45) is 3.27. The fraction of sp³-hybridized carbons (Fsp3) is 0.452. The normalized spacial score (nSPS) is 29.7. The monoisotopic (exact) mass is 532 g/mol. The van der Waals surface area contributed by atoms with Gasteiger partial charge in [-0.3, -0.25) is 14.4 Å². The first-order valence-electron chi connectivity index (χ1n) is 13.7. The molecule has 2 aromatic rings. The Morgan fingerprint density at radius 3 is 2.33 bits per heavy atom. The van der Waals surface area contributed by atoms with Crippen molar-refractivity contribution < 1.29 is 29.3 Å². The van der Waals surface area contributed by atoms with E-state index in [9.17, 15) is 24.6 Å². The Bertz CT molecular complexity index is 1240. The Labute approximate surface area is 228 Å². The summed E-state index contributed by atoms with van der Waals surface area (Å²) >= 11 is 0. The van der Waals surface area contributed by atoms with Crippen LogP contribution in [0.5, 0.6) is 0 Å². The van der Waals surface area contributed by atoms with Crippen LogP contribution in [0.1, 0.15) is 37.3 Å². The maximum atomic E-state index is 14.5. The van der Waals surface area contributed by atoms with Crippen LogP contribution in [0.3, 0.4) is 0 Å². The van der Waals surface area contributed by atoms with Crippen molar-refractivity contribution in [1.29, 1.82) is 0 Å². The lowest BCUT2D eigenvalue weighted by Crippen LogP contribution is -2.59. The quantitative estimate of drug-likeness (QED) is 0.431. The van der Waals surface area contributed by atoms with E-state index in [-0.39, 0.29) is 19.1 Å². The molecule has 0 aliphatic carbocycles. The summed E-state index contributed by atoms with van der Waals surface area (Å²) in [4.78, 5) is 44.5.